The summed E-state index contributed by atoms with van der Waals surface area (Å²) >= 11 is 0. The highest BCUT2D eigenvalue weighted by Crippen LogP contribution is 2.24. The number of hydrogen-bond donors (Lipinski definition) is 2. The Hall–Kier alpha value is -1.98. The number of rotatable bonds is 2. The van der Waals surface area contributed by atoms with Crippen LogP contribution in [-0.4, -0.2) is 35.8 Å². The van der Waals surface area contributed by atoms with Gasteiger partial charge in [-0.1, -0.05) is 0 Å². The Morgan fingerprint density at radius 2 is 2.18 bits per heavy atom. The summed E-state index contributed by atoms with van der Waals surface area (Å²) < 4.78 is 5.32. The van der Waals surface area contributed by atoms with E-state index in [1.54, 1.807) is 12.4 Å². The monoisotopic (exact) mass is 306 g/mol. The van der Waals surface area contributed by atoms with E-state index in [4.69, 9.17) is 10.5 Å². The number of aromatic nitrogens is 1. The van der Waals surface area contributed by atoms with Gasteiger partial charge in [0.2, 0.25) is 0 Å². The van der Waals surface area contributed by atoms with Gasteiger partial charge in [-0.15, -0.1) is 0 Å². The summed E-state index contributed by atoms with van der Waals surface area (Å²) in [6.07, 6.45) is 5.92. The normalized spacial score (nSPS) is 19.4. The van der Waals surface area contributed by atoms with Crippen LogP contribution in [0.15, 0.2) is 18.5 Å². The maximum Gasteiger partial charge on any atom is 0.407 e. The van der Waals surface area contributed by atoms with Crippen LogP contribution in [0.5, 0.6) is 0 Å². The van der Waals surface area contributed by atoms with Gasteiger partial charge in [0.05, 0.1) is 17.6 Å². The smallest absolute Gasteiger partial charge is 0.407 e. The second-order valence-electron chi connectivity index (χ2n) is 6.70. The van der Waals surface area contributed by atoms with Crippen LogP contribution in [0.25, 0.3) is 0 Å². The van der Waals surface area contributed by atoms with Crippen molar-refractivity contribution in [3.63, 3.8) is 0 Å². The summed E-state index contributed by atoms with van der Waals surface area (Å²) in [7, 11) is 0. The lowest BCUT2D eigenvalue weighted by Crippen LogP contribution is -2.39. The predicted octanol–water partition coefficient (Wildman–Crippen LogP) is 2.55. The van der Waals surface area contributed by atoms with Crippen LogP contribution in [0.4, 0.5) is 16.2 Å². The van der Waals surface area contributed by atoms with E-state index in [1.807, 2.05) is 26.8 Å². The molecule has 0 saturated carbocycles. The fourth-order valence-electron chi connectivity index (χ4n) is 2.64. The summed E-state index contributed by atoms with van der Waals surface area (Å²) in [6, 6.07) is 2.08. The number of ether oxygens (including phenoxy) is 1. The number of nitrogens with one attached hydrogen (secondary N) is 1. The van der Waals surface area contributed by atoms with Gasteiger partial charge in [0.1, 0.15) is 5.60 Å². The quantitative estimate of drug-likeness (QED) is 0.877. The largest absolute Gasteiger partial charge is 0.444 e. The van der Waals surface area contributed by atoms with E-state index in [2.05, 4.69) is 15.2 Å². The van der Waals surface area contributed by atoms with Gasteiger partial charge in [-0.25, -0.2) is 4.79 Å². The third kappa shape index (κ3) is 4.79. The summed E-state index contributed by atoms with van der Waals surface area (Å²) in [6.45, 7) is 7.39. The van der Waals surface area contributed by atoms with Crippen molar-refractivity contribution in [1.29, 1.82) is 0 Å². The first-order chi connectivity index (χ1) is 10.3. The van der Waals surface area contributed by atoms with Crippen LogP contribution in [0.1, 0.15) is 40.0 Å². The number of amides is 1. The van der Waals surface area contributed by atoms with Gasteiger partial charge in [-0.3, -0.25) is 4.98 Å². The van der Waals surface area contributed by atoms with Gasteiger partial charge in [0.25, 0.3) is 0 Å². The van der Waals surface area contributed by atoms with Crippen molar-refractivity contribution in [2.24, 2.45) is 0 Å². The van der Waals surface area contributed by atoms with Gasteiger partial charge >= 0.3 is 6.09 Å². The Balaban J connectivity index is 1.90. The predicted molar refractivity (Wildman–Crippen MR) is 87.9 cm³/mol. The number of anilines is 2. The average molecular weight is 306 g/mol. The fraction of sp³-hybridized carbons (Fsp3) is 0.625. The van der Waals surface area contributed by atoms with Crippen molar-refractivity contribution in [2.45, 2.75) is 51.7 Å². The van der Waals surface area contributed by atoms with Crippen LogP contribution in [0, 0.1) is 0 Å². The third-order valence-corrected chi connectivity index (χ3v) is 3.62. The van der Waals surface area contributed by atoms with E-state index in [0.717, 1.165) is 38.0 Å². The van der Waals surface area contributed by atoms with Crippen molar-refractivity contribution in [2.75, 3.05) is 23.7 Å². The molecule has 1 fully saturated rings. The van der Waals surface area contributed by atoms with Gasteiger partial charge < -0.3 is 20.7 Å². The maximum atomic E-state index is 11.9. The second-order valence-corrected chi connectivity index (χ2v) is 6.70. The van der Waals surface area contributed by atoms with Crippen LogP contribution >= 0.6 is 0 Å². The molecule has 0 bridgehead atoms. The third-order valence-electron chi connectivity index (χ3n) is 3.62. The molecule has 0 aliphatic carbocycles. The van der Waals surface area contributed by atoms with Crippen LogP contribution in [0.3, 0.4) is 0 Å². The summed E-state index contributed by atoms with van der Waals surface area (Å²) in [5.74, 6) is 0. The summed E-state index contributed by atoms with van der Waals surface area (Å²) in [5.41, 5.74) is 7.24. The van der Waals surface area contributed by atoms with Crippen LogP contribution < -0.4 is 16.0 Å². The molecule has 1 saturated heterocycles. The number of nitrogens with two attached hydrogens (primary N) is 1. The van der Waals surface area contributed by atoms with Gasteiger partial charge in [0.15, 0.2) is 0 Å². The first kappa shape index (κ1) is 16.4. The molecule has 1 unspecified atom stereocenters. The van der Waals surface area contributed by atoms with Crippen molar-refractivity contribution < 1.29 is 9.53 Å². The highest BCUT2D eigenvalue weighted by molar-refractivity contribution is 5.68. The molecule has 1 aliphatic heterocycles. The van der Waals surface area contributed by atoms with Crippen molar-refractivity contribution in [3.8, 4) is 0 Å². The van der Waals surface area contributed by atoms with E-state index in [1.165, 1.54) is 0 Å². The summed E-state index contributed by atoms with van der Waals surface area (Å²) in [5, 5.41) is 2.97. The van der Waals surface area contributed by atoms with E-state index in [-0.39, 0.29) is 12.1 Å². The highest BCUT2D eigenvalue weighted by atomic mass is 16.6. The number of nitrogen functional groups attached to an aromatic ring is 1. The maximum absolute atomic E-state index is 11.9. The number of alkyl carbamates (subject to hydrolysis) is 1. The topological polar surface area (TPSA) is 80.5 Å². The average Bonchev–Trinajstić information content (AvgIpc) is 2.63. The number of carbonyl (C=O) groups excluding carboxylic acids is 1. The molecule has 0 aromatic carbocycles. The van der Waals surface area contributed by atoms with Crippen molar-refractivity contribution in [3.05, 3.63) is 18.5 Å². The van der Waals surface area contributed by atoms with E-state index < -0.39 is 5.60 Å². The minimum absolute atomic E-state index is 0.142. The molecule has 1 amide bonds. The van der Waals surface area contributed by atoms with E-state index in [0.29, 0.717) is 5.69 Å². The molecule has 122 valence electrons. The molecular weight excluding hydrogens is 280 g/mol. The zero-order valence-corrected chi connectivity index (χ0v) is 13.6. The molecule has 1 atom stereocenters. The SMILES string of the molecule is CC(C)(C)OC(=O)NC1CCCN(c2ccncc2N)CC1. The first-order valence-corrected chi connectivity index (χ1v) is 7.79. The van der Waals surface area contributed by atoms with Gasteiger partial charge in [0, 0.05) is 25.3 Å². The summed E-state index contributed by atoms with van der Waals surface area (Å²) in [4.78, 5) is 18.2. The van der Waals surface area contributed by atoms with Crippen molar-refractivity contribution >= 4 is 17.5 Å². The molecule has 0 radical (unpaired) electrons. The molecule has 1 aromatic heterocycles. The molecule has 6 heteroatoms. The Kier molecular flexibility index (Phi) is 5.11. The molecule has 22 heavy (non-hydrogen) atoms. The van der Waals surface area contributed by atoms with Gasteiger partial charge in [-0.05, 0) is 46.1 Å². The Morgan fingerprint density at radius 1 is 1.41 bits per heavy atom. The fourth-order valence-corrected chi connectivity index (χ4v) is 2.64. The molecule has 0 spiro atoms. The molecule has 6 nitrogen and oxygen atoms in total. The van der Waals surface area contributed by atoms with E-state index >= 15 is 0 Å². The molecule has 2 rings (SSSR count). The Morgan fingerprint density at radius 3 is 2.86 bits per heavy atom. The molecular formula is C16H26N4O2. The highest BCUT2D eigenvalue weighted by Gasteiger charge is 2.22. The lowest BCUT2D eigenvalue weighted by Gasteiger charge is -2.25. The standard InChI is InChI=1S/C16H26N4O2/c1-16(2,3)22-15(21)19-12-5-4-9-20(10-7-12)14-6-8-18-11-13(14)17/h6,8,11-12H,4-5,7,9-10,17H2,1-3H3,(H,19,21). The van der Waals surface area contributed by atoms with E-state index in [9.17, 15) is 4.79 Å². The minimum atomic E-state index is -0.466. The Labute approximate surface area is 132 Å². The Bertz CT molecular complexity index is 513. The minimum Gasteiger partial charge on any atom is -0.444 e. The number of hydrogen-bond acceptors (Lipinski definition) is 5. The first-order valence-electron chi connectivity index (χ1n) is 7.79. The molecule has 1 aromatic rings. The molecule has 1 aliphatic rings. The molecule has 3 N–H and O–H groups in total. The second kappa shape index (κ2) is 6.85. The number of pyridine rings is 1. The molecule has 2 heterocycles. The lowest BCUT2D eigenvalue weighted by atomic mass is 10.1. The van der Waals surface area contributed by atoms with Gasteiger partial charge in [-0.2, -0.15) is 0 Å². The van der Waals surface area contributed by atoms with Crippen LogP contribution in [-0.2, 0) is 4.74 Å². The zero-order valence-electron chi connectivity index (χ0n) is 13.6. The zero-order chi connectivity index (χ0) is 16.2. The lowest BCUT2D eigenvalue weighted by molar-refractivity contribution is 0.0501. The van der Waals surface area contributed by atoms with Crippen LogP contribution in [0.2, 0.25) is 0 Å². The number of nitrogens with zero attached hydrogens (tertiary/aromatic N) is 2. The number of carbonyl (C=O) groups is 1. The van der Waals surface area contributed by atoms with Crippen molar-refractivity contribution in [1.82, 2.24) is 10.3 Å².